The monoisotopic (exact) mass is 235 g/mol. The molecule has 1 aromatic rings. The van der Waals surface area contributed by atoms with Gasteiger partial charge in [0, 0.05) is 24.6 Å². The molecule has 2 rings (SSSR count). The van der Waals surface area contributed by atoms with Crippen molar-refractivity contribution in [1.82, 2.24) is 9.97 Å². The van der Waals surface area contributed by atoms with E-state index in [2.05, 4.69) is 34.1 Å². The molecule has 3 N–H and O–H groups in total. The molecule has 94 valence electrons. The van der Waals surface area contributed by atoms with Gasteiger partial charge in [-0.2, -0.15) is 0 Å². The maximum absolute atomic E-state index is 5.52. The summed E-state index contributed by atoms with van der Waals surface area (Å²) >= 11 is 0. The summed E-state index contributed by atoms with van der Waals surface area (Å²) in [6, 6.07) is 0.656. The van der Waals surface area contributed by atoms with E-state index in [9.17, 15) is 0 Å². The van der Waals surface area contributed by atoms with Crippen molar-refractivity contribution in [1.29, 1.82) is 0 Å². The fraction of sp³-hybridized carbons (Fsp3) is 0.667. The molecule has 0 aliphatic heterocycles. The van der Waals surface area contributed by atoms with Crippen LogP contribution in [0.1, 0.15) is 38.1 Å². The Morgan fingerprint density at radius 1 is 1.35 bits per heavy atom. The van der Waals surface area contributed by atoms with Crippen LogP contribution in [0.3, 0.4) is 0 Å². The lowest BCUT2D eigenvalue weighted by atomic mass is 10.2. The predicted molar refractivity (Wildman–Crippen MR) is 70.0 cm³/mol. The maximum Gasteiger partial charge on any atom is 0.148 e. The molecule has 1 aliphatic rings. The third-order valence-electron chi connectivity index (χ3n) is 3.22. The summed E-state index contributed by atoms with van der Waals surface area (Å²) in [6.45, 7) is 7.23. The molecule has 5 nitrogen and oxygen atoms in total. The lowest BCUT2D eigenvalue weighted by Gasteiger charge is -2.24. The van der Waals surface area contributed by atoms with Crippen LogP contribution in [0.15, 0.2) is 0 Å². The van der Waals surface area contributed by atoms with Gasteiger partial charge in [-0.15, -0.1) is 0 Å². The van der Waals surface area contributed by atoms with Crippen LogP contribution in [-0.4, -0.2) is 22.6 Å². The molecule has 0 amide bonds. The number of rotatable bonds is 5. The number of hydrogen-bond donors (Lipinski definition) is 2. The number of nitrogens with two attached hydrogens (primary N) is 1. The van der Waals surface area contributed by atoms with E-state index in [1.807, 2.05) is 6.92 Å². The number of nitrogen functional groups attached to an aromatic ring is 1. The van der Waals surface area contributed by atoms with Crippen LogP contribution < -0.4 is 16.2 Å². The highest BCUT2D eigenvalue weighted by Gasteiger charge is 2.30. The van der Waals surface area contributed by atoms with Gasteiger partial charge in [-0.3, -0.25) is 0 Å². The highest BCUT2D eigenvalue weighted by Crippen LogP contribution is 2.33. The Labute approximate surface area is 102 Å². The van der Waals surface area contributed by atoms with Crippen molar-refractivity contribution >= 4 is 11.6 Å². The topological polar surface area (TPSA) is 67.1 Å². The number of nitrogens with one attached hydrogen (secondary N) is 1. The number of anilines is 2. The van der Waals surface area contributed by atoms with Gasteiger partial charge in [0.05, 0.1) is 0 Å². The van der Waals surface area contributed by atoms with E-state index in [0.717, 1.165) is 36.0 Å². The summed E-state index contributed by atoms with van der Waals surface area (Å²) < 4.78 is 0. The lowest BCUT2D eigenvalue weighted by molar-refractivity contribution is 0.786. The molecular weight excluding hydrogens is 214 g/mol. The fourth-order valence-corrected chi connectivity index (χ4v) is 2.10. The molecule has 1 fully saturated rings. The Morgan fingerprint density at radius 2 is 2.06 bits per heavy atom. The molecule has 0 spiro atoms. The molecule has 0 radical (unpaired) electrons. The molecule has 1 aromatic heterocycles. The Morgan fingerprint density at radius 3 is 2.53 bits per heavy atom. The van der Waals surface area contributed by atoms with Crippen molar-refractivity contribution in [2.45, 2.75) is 46.1 Å². The predicted octanol–water partition coefficient (Wildman–Crippen LogP) is 1.62. The van der Waals surface area contributed by atoms with Crippen LogP contribution in [0.4, 0.5) is 11.6 Å². The third kappa shape index (κ3) is 2.34. The smallest absolute Gasteiger partial charge is 0.148 e. The number of aromatic nitrogens is 2. The van der Waals surface area contributed by atoms with Crippen molar-refractivity contribution < 1.29 is 0 Å². The molecule has 0 aromatic carbocycles. The molecule has 1 aliphatic carbocycles. The largest absolute Gasteiger partial charge is 0.354 e. The van der Waals surface area contributed by atoms with Crippen LogP contribution in [0.5, 0.6) is 0 Å². The molecule has 0 bridgehead atoms. The number of hydrazine groups is 1. The van der Waals surface area contributed by atoms with Crippen LogP contribution in [0, 0.1) is 6.92 Å². The summed E-state index contributed by atoms with van der Waals surface area (Å²) in [7, 11) is 0. The van der Waals surface area contributed by atoms with E-state index in [4.69, 9.17) is 5.84 Å². The fourth-order valence-electron chi connectivity index (χ4n) is 2.10. The first kappa shape index (κ1) is 12.1. The second kappa shape index (κ2) is 4.87. The van der Waals surface area contributed by atoms with E-state index in [1.54, 1.807) is 0 Å². The van der Waals surface area contributed by atoms with Crippen molar-refractivity contribution in [3.63, 3.8) is 0 Å². The SMILES string of the molecule is CCc1nc(NN)c(C)c(N(CC)C2CC2)n1. The average Bonchev–Trinajstić information content (AvgIpc) is 3.16. The van der Waals surface area contributed by atoms with Crippen molar-refractivity contribution in [2.75, 3.05) is 16.9 Å². The summed E-state index contributed by atoms with van der Waals surface area (Å²) in [5.74, 6) is 8.14. The van der Waals surface area contributed by atoms with E-state index < -0.39 is 0 Å². The Kier molecular flexibility index (Phi) is 3.47. The van der Waals surface area contributed by atoms with Crippen LogP contribution in [0.2, 0.25) is 0 Å². The van der Waals surface area contributed by atoms with E-state index >= 15 is 0 Å². The van der Waals surface area contributed by atoms with Crippen LogP contribution in [0.25, 0.3) is 0 Å². The van der Waals surface area contributed by atoms with Gasteiger partial charge in [0.1, 0.15) is 17.5 Å². The highest BCUT2D eigenvalue weighted by molar-refractivity contribution is 5.59. The standard InChI is InChI=1S/C12H21N5/c1-4-10-14-11(16-13)8(3)12(15-10)17(5-2)9-6-7-9/h9H,4-7,13H2,1-3H3,(H,14,15,16). The zero-order valence-electron chi connectivity index (χ0n) is 10.8. The second-order valence-electron chi connectivity index (χ2n) is 4.45. The zero-order chi connectivity index (χ0) is 12.4. The lowest BCUT2D eigenvalue weighted by Crippen LogP contribution is -2.28. The molecular formula is C12H21N5. The van der Waals surface area contributed by atoms with Crippen molar-refractivity contribution in [2.24, 2.45) is 5.84 Å². The normalized spacial score (nSPS) is 14.8. The molecule has 0 unspecified atom stereocenters. The zero-order valence-corrected chi connectivity index (χ0v) is 10.8. The number of hydrogen-bond acceptors (Lipinski definition) is 5. The van der Waals surface area contributed by atoms with Gasteiger partial charge in [0.2, 0.25) is 0 Å². The molecule has 0 saturated heterocycles. The van der Waals surface area contributed by atoms with Gasteiger partial charge in [-0.1, -0.05) is 6.92 Å². The summed E-state index contributed by atoms with van der Waals surface area (Å²) in [5, 5.41) is 0. The minimum atomic E-state index is 0.656. The first-order chi connectivity index (χ1) is 8.21. The first-order valence-corrected chi connectivity index (χ1v) is 6.32. The first-order valence-electron chi connectivity index (χ1n) is 6.32. The number of aryl methyl sites for hydroxylation is 1. The second-order valence-corrected chi connectivity index (χ2v) is 4.45. The van der Waals surface area contributed by atoms with Crippen molar-refractivity contribution in [3.05, 3.63) is 11.4 Å². The summed E-state index contributed by atoms with van der Waals surface area (Å²) in [5.41, 5.74) is 3.71. The van der Waals surface area contributed by atoms with Gasteiger partial charge >= 0.3 is 0 Å². The molecule has 17 heavy (non-hydrogen) atoms. The van der Waals surface area contributed by atoms with E-state index in [1.165, 1.54) is 12.8 Å². The van der Waals surface area contributed by atoms with Crippen LogP contribution >= 0.6 is 0 Å². The summed E-state index contributed by atoms with van der Waals surface area (Å²) in [4.78, 5) is 11.4. The Bertz CT molecular complexity index is 400. The Balaban J connectivity index is 2.42. The highest BCUT2D eigenvalue weighted by atomic mass is 15.3. The van der Waals surface area contributed by atoms with Gasteiger partial charge in [0.15, 0.2) is 0 Å². The van der Waals surface area contributed by atoms with Gasteiger partial charge in [-0.25, -0.2) is 15.8 Å². The van der Waals surface area contributed by atoms with E-state index in [0.29, 0.717) is 6.04 Å². The Hall–Kier alpha value is -1.36. The maximum atomic E-state index is 5.52. The molecule has 5 heteroatoms. The minimum Gasteiger partial charge on any atom is -0.354 e. The van der Waals surface area contributed by atoms with Gasteiger partial charge in [0.25, 0.3) is 0 Å². The molecule has 1 heterocycles. The van der Waals surface area contributed by atoms with Crippen molar-refractivity contribution in [3.8, 4) is 0 Å². The molecule has 1 saturated carbocycles. The average molecular weight is 235 g/mol. The quantitative estimate of drug-likeness (QED) is 0.599. The third-order valence-corrected chi connectivity index (χ3v) is 3.22. The summed E-state index contributed by atoms with van der Waals surface area (Å²) in [6.07, 6.45) is 3.36. The molecule has 0 atom stereocenters. The van der Waals surface area contributed by atoms with E-state index in [-0.39, 0.29) is 0 Å². The van der Waals surface area contributed by atoms with Gasteiger partial charge in [-0.05, 0) is 26.7 Å². The number of nitrogens with zero attached hydrogens (tertiary/aromatic N) is 3. The van der Waals surface area contributed by atoms with Crippen LogP contribution in [-0.2, 0) is 6.42 Å². The van der Waals surface area contributed by atoms with Gasteiger partial charge < -0.3 is 10.3 Å². The minimum absolute atomic E-state index is 0.656.